The van der Waals surface area contributed by atoms with Gasteiger partial charge in [0.25, 0.3) is 0 Å². The monoisotopic (exact) mass is 230 g/mol. The van der Waals surface area contributed by atoms with Gasteiger partial charge in [0.2, 0.25) is 0 Å². The Morgan fingerprint density at radius 3 is 2.69 bits per heavy atom. The zero-order chi connectivity index (χ0) is 11.0. The van der Waals surface area contributed by atoms with Crippen LogP contribution in [0.2, 0.25) is 5.15 Å². The molecule has 1 heterocycles. The van der Waals surface area contributed by atoms with E-state index in [0.717, 1.165) is 11.4 Å². The molecular weight excluding hydrogens is 220 g/mol. The molecule has 2 nitrogen and oxygen atoms in total. The predicted octanol–water partition coefficient (Wildman–Crippen LogP) is 3.67. The molecular formula is C13H11ClN2. The Hall–Kier alpha value is -1.41. The van der Waals surface area contributed by atoms with Crippen molar-refractivity contribution in [1.29, 1.82) is 0 Å². The van der Waals surface area contributed by atoms with E-state index in [-0.39, 0.29) is 0 Å². The molecule has 1 aliphatic rings. The van der Waals surface area contributed by atoms with Crippen LogP contribution in [0.1, 0.15) is 24.3 Å². The SMILES string of the molecule is Clc1ccnc(-c2ccccc2C2CC2)n1. The first kappa shape index (κ1) is 9.79. The summed E-state index contributed by atoms with van der Waals surface area (Å²) in [5.41, 5.74) is 2.47. The summed E-state index contributed by atoms with van der Waals surface area (Å²) >= 11 is 5.89. The number of hydrogen-bond acceptors (Lipinski definition) is 2. The van der Waals surface area contributed by atoms with Crippen molar-refractivity contribution < 1.29 is 0 Å². The molecule has 0 amide bonds. The van der Waals surface area contributed by atoms with Crippen molar-refractivity contribution in [3.05, 3.63) is 47.2 Å². The third-order valence-electron chi connectivity index (χ3n) is 2.84. The first-order valence-corrected chi connectivity index (χ1v) is 5.80. The predicted molar refractivity (Wildman–Crippen MR) is 64.5 cm³/mol. The highest BCUT2D eigenvalue weighted by Gasteiger charge is 2.26. The van der Waals surface area contributed by atoms with E-state index in [9.17, 15) is 0 Å². The molecule has 1 aromatic heterocycles. The lowest BCUT2D eigenvalue weighted by atomic mass is 10.0. The van der Waals surface area contributed by atoms with Crippen LogP contribution in [0.5, 0.6) is 0 Å². The van der Waals surface area contributed by atoms with Gasteiger partial charge in [-0.15, -0.1) is 0 Å². The summed E-state index contributed by atoms with van der Waals surface area (Å²) in [4.78, 5) is 8.55. The highest BCUT2D eigenvalue weighted by molar-refractivity contribution is 6.29. The molecule has 1 aliphatic carbocycles. The topological polar surface area (TPSA) is 25.8 Å². The van der Waals surface area contributed by atoms with Crippen molar-refractivity contribution in [2.45, 2.75) is 18.8 Å². The third kappa shape index (κ3) is 1.81. The summed E-state index contributed by atoms with van der Waals surface area (Å²) in [5.74, 6) is 1.42. The number of benzene rings is 1. The Balaban J connectivity index is 2.11. The normalized spacial score (nSPS) is 15.1. The van der Waals surface area contributed by atoms with Gasteiger partial charge in [0.1, 0.15) is 5.15 Å². The second-order valence-electron chi connectivity index (χ2n) is 4.06. The van der Waals surface area contributed by atoms with E-state index in [1.165, 1.54) is 18.4 Å². The average molecular weight is 231 g/mol. The highest BCUT2D eigenvalue weighted by atomic mass is 35.5. The van der Waals surface area contributed by atoms with Gasteiger partial charge in [0.15, 0.2) is 5.82 Å². The molecule has 0 N–H and O–H groups in total. The van der Waals surface area contributed by atoms with Crippen LogP contribution in [0.4, 0.5) is 0 Å². The molecule has 1 fully saturated rings. The minimum absolute atomic E-state index is 0.496. The van der Waals surface area contributed by atoms with Gasteiger partial charge in [-0.25, -0.2) is 9.97 Å². The van der Waals surface area contributed by atoms with Gasteiger partial charge in [-0.2, -0.15) is 0 Å². The zero-order valence-electron chi connectivity index (χ0n) is 8.73. The highest BCUT2D eigenvalue weighted by Crippen LogP contribution is 2.43. The molecule has 0 atom stereocenters. The summed E-state index contributed by atoms with van der Waals surface area (Å²) < 4.78 is 0. The van der Waals surface area contributed by atoms with Gasteiger partial charge in [-0.1, -0.05) is 35.9 Å². The van der Waals surface area contributed by atoms with E-state index in [1.54, 1.807) is 12.3 Å². The fourth-order valence-corrected chi connectivity index (χ4v) is 2.05. The van der Waals surface area contributed by atoms with E-state index in [1.807, 2.05) is 6.07 Å². The Morgan fingerprint density at radius 2 is 1.94 bits per heavy atom. The van der Waals surface area contributed by atoms with Crippen molar-refractivity contribution in [3.8, 4) is 11.4 Å². The lowest BCUT2D eigenvalue weighted by molar-refractivity contribution is 1.10. The van der Waals surface area contributed by atoms with Crippen LogP contribution in [0.15, 0.2) is 36.5 Å². The van der Waals surface area contributed by atoms with Gasteiger partial charge >= 0.3 is 0 Å². The fourth-order valence-electron chi connectivity index (χ4n) is 1.92. The molecule has 3 heteroatoms. The van der Waals surface area contributed by atoms with Crippen LogP contribution in [-0.4, -0.2) is 9.97 Å². The fraction of sp³-hybridized carbons (Fsp3) is 0.231. The van der Waals surface area contributed by atoms with E-state index in [4.69, 9.17) is 11.6 Å². The number of rotatable bonds is 2. The maximum Gasteiger partial charge on any atom is 0.161 e. The molecule has 16 heavy (non-hydrogen) atoms. The standard InChI is InChI=1S/C13H11ClN2/c14-12-7-8-15-13(16-12)11-4-2-1-3-10(11)9-5-6-9/h1-4,7-9H,5-6H2. The molecule has 0 bridgehead atoms. The Labute approximate surface area is 99.3 Å². The van der Waals surface area contributed by atoms with E-state index in [0.29, 0.717) is 11.1 Å². The van der Waals surface area contributed by atoms with Crippen LogP contribution < -0.4 is 0 Å². The van der Waals surface area contributed by atoms with Crippen LogP contribution in [0.25, 0.3) is 11.4 Å². The quantitative estimate of drug-likeness (QED) is 0.736. The lowest BCUT2D eigenvalue weighted by Crippen LogP contribution is -1.92. The van der Waals surface area contributed by atoms with Gasteiger partial charge < -0.3 is 0 Å². The molecule has 0 aliphatic heterocycles. The summed E-state index contributed by atoms with van der Waals surface area (Å²) in [7, 11) is 0. The first-order valence-electron chi connectivity index (χ1n) is 5.42. The largest absolute Gasteiger partial charge is 0.236 e. The van der Waals surface area contributed by atoms with Crippen LogP contribution >= 0.6 is 11.6 Å². The minimum atomic E-state index is 0.496. The van der Waals surface area contributed by atoms with Crippen LogP contribution in [0, 0.1) is 0 Å². The molecule has 2 aromatic rings. The summed E-state index contributed by atoms with van der Waals surface area (Å²) in [6, 6.07) is 10.0. The number of nitrogens with zero attached hydrogens (tertiary/aromatic N) is 2. The minimum Gasteiger partial charge on any atom is -0.236 e. The van der Waals surface area contributed by atoms with Crippen molar-refractivity contribution in [2.75, 3.05) is 0 Å². The molecule has 0 unspecified atom stereocenters. The molecule has 0 spiro atoms. The van der Waals surface area contributed by atoms with Crippen molar-refractivity contribution >= 4 is 11.6 Å². The number of aromatic nitrogens is 2. The van der Waals surface area contributed by atoms with E-state index < -0.39 is 0 Å². The van der Waals surface area contributed by atoms with Gasteiger partial charge in [0.05, 0.1) is 0 Å². The van der Waals surface area contributed by atoms with Gasteiger partial charge in [0, 0.05) is 11.8 Å². The Kier molecular flexibility index (Phi) is 2.37. The Bertz CT molecular complexity index is 521. The first-order chi connectivity index (χ1) is 7.84. The molecule has 80 valence electrons. The van der Waals surface area contributed by atoms with Crippen molar-refractivity contribution in [1.82, 2.24) is 9.97 Å². The van der Waals surface area contributed by atoms with Gasteiger partial charge in [-0.3, -0.25) is 0 Å². The second-order valence-corrected chi connectivity index (χ2v) is 4.45. The lowest BCUT2D eigenvalue weighted by Gasteiger charge is -2.06. The summed E-state index contributed by atoms with van der Waals surface area (Å²) in [5, 5.41) is 0.496. The maximum absolute atomic E-state index is 5.89. The molecule has 0 radical (unpaired) electrons. The van der Waals surface area contributed by atoms with Crippen molar-refractivity contribution in [2.24, 2.45) is 0 Å². The molecule has 0 saturated heterocycles. The van der Waals surface area contributed by atoms with Crippen LogP contribution in [-0.2, 0) is 0 Å². The smallest absolute Gasteiger partial charge is 0.161 e. The summed E-state index contributed by atoms with van der Waals surface area (Å²) in [6.07, 6.45) is 4.25. The molecule has 1 saturated carbocycles. The van der Waals surface area contributed by atoms with E-state index in [2.05, 4.69) is 28.2 Å². The average Bonchev–Trinajstić information content (AvgIpc) is 3.13. The number of hydrogen-bond donors (Lipinski definition) is 0. The van der Waals surface area contributed by atoms with Crippen LogP contribution in [0.3, 0.4) is 0 Å². The maximum atomic E-state index is 5.89. The molecule has 1 aromatic carbocycles. The van der Waals surface area contributed by atoms with E-state index >= 15 is 0 Å². The third-order valence-corrected chi connectivity index (χ3v) is 3.05. The van der Waals surface area contributed by atoms with Crippen molar-refractivity contribution in [3.63, 3.8) is 0 Å². The second kappa shape index (κ2) is 3.87. The molecule has 3 rings (SSSR count). The zero-order valence-corrected chi connectivity index (χ0v) is 9.48. The Morgan fingerprint density at radius 1 is 1.12 bits per heavy atom. The summed E-state index contributed by atoms with van der Waals surface area (Å²) in [6.45, 7) is 0. The number of halogens is 1. The van der Waals surface area contributed by atoms with Gasteiger partial charge in [-0.05, 0) is 30.4 Å².